The molecule has 1 amide bonds. The van der Waals surface area contributed by atoms with Crippen LogP contribution in [0.1, 0.15) is 37.9 Å². The molecule has 2 atom stereocenters. The third kappa shape index (κ3) is 6.08. The number of furan rings is 1. The van der Waals surface area contributed by atoms with E-state index in [1.165, 1.54) is 23.9 Å². The van der Waals surface area contributed by atoms with Crippen LogP contribution in [0.4, 0.5) is 0 Å². The Morgan fingerprint density at radius 2 is 2.00 bits per heavy atom. The summed E-state index contributed by atoms with van der Waals surface area (Å²) in [7, 11) is -3.28. The molecule has 1 aliphatic heterocycles. The molecule has 0 bridgehead atoms. The van der Waals surface area contributed by atoms with Crippen LogP contribution in [-0.2, 0) is 24.2 Å². The number of thioether (sulfide) groups is 1. The highest BCUT2D eigenvalue weighted by atomic mass is 32.2. The number of rotatable bonds is 8. The van der Waals surface area contributed by atoms with Gasteiger partial charge in [-0.25, -0.2) is 8.42 Å². The van der Waals surface area contributed by atoms with E-state index in [4.69, 9.17) is 26.5 Å². The topological polar surface area (TPSA) is 114 Å². The molecule has 0 radical (unpaired) electrons. The van der Waals surface area contributed by atoms with Crippen LogP contribution in [0.5, 0.6) is 0 Å². The minimum atomic E-state index is -3.28. The van der Waals surface area contributed by atoms with Gasteiger partial charge in [-0.3, -0.25) is 14.5 Å². The zero-order valence-corrected chi connectivity index (χ0v) is 22.2. The number of carbonyl (C=O) groups excluding carboxylic acids is 2. The van der Waals surface area contributed by atoms with Crippen LogP contribution in [0.15, 0.2) is 50.6 Å². The number of ether oxygens (including phenoxy) is 1. The van der Waals surface area contributed by atoms with E-state index in [1.54, 1.807) is 35.2 Å². The van der Waals surface area contributed by atoms with Gasteiger partial charge in [0.1, 0.15) is 15.8 Å². The lowest BCUT2D eigenvalue weighted by Gasteiger charge is -2.33. The molecule has 1 N–H and O–H groups in total. The first-order chi connectivity index (χ1) is 17.2. The Morgan fingerprint density at radius 1 is 1.25 bits per heavy atom. The lowest BCUT2D eigenvalue weighted by molar-refractivity contribution is -0.151. The van der Waals surface area contributed by atoms with Gasteiger partial charge < -0.3 is 14.3 Å². The molecule has 11 heteroatoms. The van der Waals surface area contributed by atoms with Crippen LogP contribution < -0.4 is 0 Å². The summed E-state index contributed by atoms with van der Waals surface area (Å²) in [5.41, 5.74) is 0.716. The van der Waals surface area contributed by atoms with E-state index in [-0.39, 0.29) is 41.9 Å². The number of amides is 1. The van der Waals surface area contributed by atoms with E-state index >= 15 is 0 Å². The lowest BCUT2D eigenvalue weighted by Crippen LogP contribution is -2.43. The molecule has 1 saturated heterocycles. The van der Waals surface area contributed by atoms with E-state index in [0.29, 0.717) is 45.6 Å². The van der Waals surface area contributed by atoms with E-state index in [9.17, 15) is 18.0 Å². The Bertz CT molecular complexity index is 1280. The van der Waals surface area contributed by atoms with Crippen molar-refractivity contribution in [1.82, 2.24) is 4.90 Å². The first-order valence-electron chi connectivity index (χ1n) is 11.6. The molecule has 2 aliphatic rings. The molecule has 1 aliphatic carbocycles. The molecule has 8 nitrogen and oxygen atoms in total. The van der Waals surface area contributed by atoms with Gasteiger partial charge in [-0.15, -0.1) is 0 Å². The first-order valence-corrected chi connectivity index (χ1v) is 14.7. The summed E-state index contributed by atoms with van der Waals surface area (Å²) in [6.45, 7) is 0.156. The van der Waals surface area contributed by atoms with E-state index in [0.717, 1.165) is 19.1 Å². The van der Waals surface area contributed by atoms with Crippen molar-refractivity contribution < 1.29 is 32.3 Å². The van der Waals surface area contributed by atoms with Crippen LogP contribution in [0.3, 0.4) is 0 Å². The van der Waals surface area contributed by atoms with Crippen LogP contribution >= 0.6 is 24.0 Å². The van der Waals surface area contributed by atoms with Crippen molar-refractivity contribution in [2.24, 2.45) is 5.92 Å². The summed E-state index contributed by atoms with van der Waals surface area (Å²) < 4.78 is 34.9. The molecule has 4 rings (SSSR count). The molecule has 192 valence electrons. The number of sulfone groups is 1. The number of aliphatic hydroxyl groups excluding tert-OH is 1. The molecule has 2 aromatic rings. The number of aliphatic hydroxyl groups is 1. The number of nitrogens with zero attached hydrogens (tertiary/aromatic N) is 1. The van der Waals surface area contributed by atoms with Gasteiger partial charge in [0.2, 0.25) is 0 Å². The summed E-state index contributed by atoms with van der Waals surface area (Å²) in [5.74, 6) is 0.234. The number of hydrogen-bond acceptors (Lipinski definition) is 9. The van der Waals surface area contributed by atoms with Crippen LogP contribution in [-0.4, -0.2) is 60.1 Å². The van der Waals surface area contributed by atoms with Crippen molar-refractivity contribution in [3.05, 3.63) is 47.1 Å². The molecule has 1 saturated carbocycles. The summed E-state index contributed by atoms with van der Waals surface area (Å²) in [6, 6.07) is 9.73. The molecule has 1 aromatic carbocycles. The molecule has 2 heterocycles. The fourth-order valence-corrected chi connectivity index (χ4v) is 6.35. The Morgan fingerprint density at radius 3 is 2.69 bits per heavy atom. The Labute approximate surface area is 219 Å². The molecule has 2 fully saturated rings. The third-order valence-corrected chi connectivity index (χ3v) is 8.64. The van der Waals surface area contributed by atoms with Crippen molar-refractivity contribution in [3.8, 4) is 11.3 Å². The van der Waals surface area contributed by atoms with Crippen LogP contribution in [0.2, 0.25) is 0 Å². The van der Waals surface area contributed by atoms with Crippen molar-refractivity contribution in [3.63, 3.8) is 0 Å². The summed E-state index contributed by atoms with van der Waals surface area (Å²) >= 11 is 6.71. The maximum Gasteiger partial charge on any atom is 0.309 e. The van der Waals surface area contributed by atoms with Gasteiger partial charge in [0.15, 0.2) is 9.84 Å². The minimum absolute atomic E-state index is 0.0317. The molecule has 0 spiro atoms. The van der Waals surface area contributed by atoms with Crippen LogP contribution in [0.25, 0.3) is 17.4 Å². The van der Waals surface area contributed by atoms with Gasteiger partial charge >= 0.3 is 5.97 Å². The second kappa shape index (κ2) is 11.3. The largest absolute Gasteiger partial charge is 0.465 e. The zero-order chi connectivity index (χ0) is 25.9. The van der Waals surface area contributed by atoms with Gasteiger partial charge in [0, 0.05) is 37.0 Å². The maximum atomic E-state index is 13.2. The normalized spacial score (nSPS) is 21.8. The molecular weight excluding hydrogens is 522 g/mol. The van der Waals surface area contributed by atoms with Crippen molar-refractivity contribution in [1.29, 1.82) is 0 Å². The van der Waals surface area contributed by atoms with Gasteiger partial charge in [0.05, 0.1) is 22.3 Å². The average molecular weight is 550 g/mol. The van der Waals surface area contributed by atoms with Crippen molar-refractivity contribution >= 4 is 56.1 Å². The third-order valence-electron chi connectivity index (χ3n) is 6.18. The molecule has 36 heavy (non-hydrogen) atoms. The smallest absolute Gasteiger partial charge is 0.309 e. The Kier molecular flexibility index (Phi) is 8.34. The van der Waals surface area contributed by atoms with Crippen molar-refractivity contribution in [2.45, 2.75) is 43.0 Å². The second-order valence-corrected chi connectivity index (χ2v) is 12.5. The minimum Gasteiger partial charge on any atom is -0.465 e. The quantitative estimate of drug-likeness (QED) is 0.226. The zero-order valence-electron chi connectivity index (χ0n) is 19.7. The predicted octanol–water partition coefficient (Wildman–Crippen LogP) is 4.04. The van der Waals surface area contributed by atoms with Crippen LogP contribution in [0, 0.1) is 5.92 Å². The number of benzene rings is 1. The Hall–Kier alpha value is -2.47. The SMILES string of the molecule is CS(=O)(=O)c1ccc(-c2ccc(/C=C3/SC(=S)N(C4CCCC(C(=O)OCCCO)C4)C3=O)o2)cc1. The monoisotopic (exact) mass is 549 g/mol. The van der Waals surface area contributed by atoms with Gasteiger partial charge in [-0.1, -0.05) is 30.4 Å². The van der Waals surface area contributed by atoms with Gasteiger partial charge in [-0.05, 0) is 55.7 Å². The lowest BCUT2D eigenvalue weighted by atomic mass is 9.85. The second-order valence-electron chi connectivity index (χ2n) is 8.81. The number of hydrogen-bond donors (Lipinski definition) is 1. The molecular formula is C25H27NO7S3. The Balaban J connectivity index is 1.44. The fraction of sp³-hybridized carbons (Fsp3) is 0.400. The fourth-order valence-electron chi connectivity index (χ4n) is 4.34. The summed E-state index contributed by atoms with van der Waals surface area (Å²) in [6.07, 6.45) is 5.96. The highest BCUT2D eigenvalue weighted by Gasteiger charge is 2.40. The first kappa shape index (κ1) is 26.6. The highest BCUT2D eigenvalue weighted by molar-refractivity contribution is 8.26. The van der Waals surface area contributed by atoms with E-state index in [2.05, 4.69) is 0 Å². The standard InChI is InChI=1S/C25H27NO7S3/c1-36(30,31)20-9-6-16(7-10-20)21-11-8-19(33-21)15-22-23(28)26(25(34)35-22)18-5-2-4-17(14-18)24(29)32-13-3-12-27/h6-11,15,17-18,27H,2-5,12-14H2,1H3/b22-15+. The van der Waals surface area contributed by atoms with Gasteiger partial charge in [-0.2, -0.15) is 0 Å². The van der Waals surface area contributed by atoms with E-state index in [1.807, 2.05) is 0 Å². The maximum absolute atomic E-state index is 13.2. The van der Waals surface area contributed by atoms with Gasteiger partial charge in [0.25, 0.3) is 5.91 Å². The molecule has 1 aromatic heterocycles. The number of carbonyl (C=O) groups is 2. The number of esters is 1. The van der Waals surface area contributed by atoms with Crippen molar-refractivity contribution in [2.75, 3.05) is 19.5 Å². The van der Waals surface area contributed by atoms with E-state index < -0.39 is 9.84 Å². The average Bonchev–Trinajstić information content (AvgIpc) is 3.42. The summed E-state index contributed by atoms with van der Waals surface area (Å²) in [4.78, 5) is 27.9. The highest BCUT2D eigenvalue weighted by Crippen LogP contribution is 2.39. The predicted molar refractivity (Wildman–Crippen MR) is 141 cm³/mol. The summed E-state index contributed by atoms with van der Waals surface area (Å²) in [5, 5.41) is 8.88. The molecule has 2 unspecified atom stereocenters. The number of thiocarbonyl (C=S) groups is 1.